The highest BCUT2D eigenvalue weighted by atomic mass is 19.1. The Labute approximate surface area is 119 Å². The molecule has 0 radical (unpaired) electrons. The van der Waals surface area contributed by atoms with Gasteiger partial charge in [-0.1, -0.05) is 6.07 Å². The molecule has 21 heavy (non-hydrogen) atoms. The Kier molecular flexibility index (Phi) is 4.37. The minimum Gasteiger partial charge on any atom is -0.496 e. The van der Waals surface area contributed by atoms with Gasteiger partial charge in [0.15, 0.2) is 17.4 Å². The highest BCUT2D eigenvalue weighted by Crippen LogP contribution is 2.25. The van der Waals surface area contributed by atoms with Crippen molar-refractivity contribution in [2.45, 2.75) is 6.61 Å². The standard InChI is InChI=1S/C15H12F2O4/c1-20-13-6-5-9(15(18)19)7-10(13)8-21-14-11(16)3-2-4-12(14)17/h2-7H,8H2,1H3,(H,18,19). The molecule has 0 saturated carbocycles. The summed E-state index contributed by atoms with van der Waals surface area (Å²) in [5.41, 5.74) is 0.406. The molecule has 6 heteroatoms. The molecule has 1 N–H and O–H groups in total. The largest absolute Gasteiger partial charge is 0.496 e. The number of hydrogen-bond acceptors (Lipinski definition) is 3. The van der Waals surface area contributed by atoms with E-state index in [0.717, 1.165) is 12.1 Å². The summed E-state index contributed by atoms with van der Waals surface area (Å²) >= 11 is 0. The van der Waals surface area contributed by atoms with E-state index in [-0.39, 0.29) is 12.2 Å². The van der Waals surface area contributed by atoms with Crippen LogP contribution in [0.25, 0.3) is 0 Å². The van der Waals surface area contributed by atoms with Crippen molar-refractivity contribution in [2.75, 3.05) is 7.11 Å². The molecule has 110 valence electrons. The smallest absolute Gasteiger partial charge is 0.335 e. The van der Waals surface area contributed by atoms with E-state index in [1.54, 1.807) is 0 Å². The van der Waals surface area contributed by atoms with Crippen molar-refractivity contribution in [1.29, 1.82) is 0 Å². The monoisotopic (exact) mass is 294 g/mol. The summed E-state index contributed by atoms with van der Waals surface area (Å²) in [4.78, 5) is 10.9. The minimum absolute atomic E-state index is 0.0309. The van der Waals surface area contributed by atoms with Crippen molar-refractivity contribution in [3.05, 3.63) is 59.2 Å². The molecule has 0 unspecified atom stereocenters. The third-order valence-corrected chi connectivity index (χ3v) is 2.82. The van der Waals surface area contributed by atoms with Gasteiger partial charge >= 0.3 is 5.97 Å². The molecule has 0 atom stereocenters. The van der Waals surface area contributed by atoms with Crippen molar-refractivity contribution in [3.63, 3.8) is 0 Å². The van der Waals surface area contributed by atoms with E-state index in [1.807, 2.05) is 0 Å². The van der Waals surface area contributed by atoms with Crippen LogP contribution in [0.2, 0.25) is 0 Å². The van der Waals surface area contributed by atoms with Gasteiger partial charge in [0, 0.05) is 5.56 Å². The van der Waals surface area contributed by atoms with Crippen LogP contribution < -0.4 is 9.47 Å². The van der Waals surface area contributed by atoms with Crippen LogP contribution in [0.15, 0.2) is 36.4 Å². The first-order chi connectivity index (χ1) is 10.0. The van der Waals surface area contributed by atoms with Crippen molar-refractivity contribution >= 4 is 5.97 Å². The van der Waals surface area contributed by atoms with E-state index < -0.39 is 23.4 Å². The topological polar surface area (TPSA) is 55.8 Å². The van der Waals surface area contributed by atoms with Crippen LogP contribution in [0.4, 0.5) is 8.78 Å². The molecule has 0 fully saturated rings. The summed E-state index contributed by atoms with van der Waals surface area (Å²) in [7, 11) is 1.41. The fourth-order valence-corrected chi connectivity index (χ4v) is 1.79. The fraction of sp³-hybridized carbons (Fsp3) is 0.133. The third kappa shape index (κ3) is 3.28. The second-order valence-corrected chi connectivity index (χ2v) is 4.17. The van der Waals surface area contributed by atoms with Crippen molar-refractivity contribution in [3.8, 4) is 11.5 Å². The van der Waals surface area contributed by atoms with Gasteiger partial charge in [0.1, 0.15) is 12.4 Å². The van der Waals surface area contributed by atoms with Gasteiger partial charge in [-0.05, 0) is 30.3 Å². The summed E-state index contributed by atoms with van der Waals surface area (Å²) in [6.45, 7) is -0.220. The van der Waals surface area contributed by atoms with E-state index in [0.29, 0.717) is 11.3 Å². The second kappa shape index (κ2) is 6.21. The number of benzene rings is 2. The summed E-state index contributed by atoms with van der Waals surface area (Å²) in [5.74, 6) is -2.92. The van der Waals surface area contributed by atoms with E-state index in [2.05, 4.69) is 0 Å². The molecular weight excluding hydrogens is 282 g/mol. The third-order valence-electron chi connectivity index (χ3n) is 2.82. The zero-order valence-electron chi connectivity index (χ0n) is 11.1. The highest BCUT2D eigenvalue weighted by molar-refractivity contribution is 5.88. The Bertz CT molecular complexity index is 650. The summed E-state index contributed by atoms with van der Waals surface area (Å²) in [5, 5.41) is 8.94. The lowest BCUT2D eigenvalue weighted by Crippen LogP contribution is -2.04. The van der Waals surface area contributed by atoms with E-state index in [9.17, 15) is 13.6 Å². The quantitative estimate of drug-likeness (QED) is 0.919. The lowest BCUT2D eigenvalue weighted by atomic mass is 10.1. The molecule has 0 bridgehead atoms. The van der Waals surface area contributed by atoms with Crippen molar-refractivity contribution < 1.29 is 28.2 Å². The number of carboxylic acid groups (broad SMARTS) is 1. The molecule has 2 aromatic rings. The van der Waals surface area contributed by atoms with Gasteiger partial charge in [0.05, 0.1) is 12.7 Å². The Hall–Kier alpha value is -2.63. The van der Waals surface area contributed by atoms with Crippen LogP contribution in [0, 0.1) is 11.6 Å². The summed E-state index contributed by atoms with van der Waals surface area (Å²) in [6.07, 6.45) is 0. The van der Waals surface area contributed by atoms with Gasteiger partial charge in [-0.2, -0.15) is 0 Å². The molecular formula is C15H12F2O4. The maximum Gasteiger partial charge on any atom is 0.335 e. The first kappa shape index (κ1) is 14.8. The molecule has 2 aromatic carbocycles. The average Bonchev–Trinajstić information content (AvgIpc) is 2.46. The second-order valence-electron chi connectivity index (χ2n) is 4.17. The number of aromatic carboxylic acids is 1. The van der Waals surface area contributed by atoms with Crippen molar-refractivity contribution in [1.82, 2.24) is 0 Å². The van der Waals surface area contributed by atoms with E-state index in [1.165, 1.54) is 31.4 Å². The first-order valence-corrected chi connectivity index (χ1v) is 6.00. The highest BCUT2D eigenvalue weighted by Gasteiger charge is 2.13. The number of para-hydroxylation sites is 1. The molecule has 0 aliphatic heterocycles. The Balaban J connectivity index is 2.26. The van der Waals surface area contributed by atoms with E-state index >= 15 is 0 Å². The number of carbonyl (C=O) groups is 1. The Morgan fingerprint density at radius 1 is 1.19 bits per heavy atom. The van der Waals surface area contributed by atoms with Crippen LogP contribution in [-0.4, -0.2) is 18.2 Å². The lowest BCUT2D eigenvalue weighted by Gasteiger charge is -2.12. The Morgan fingerprint density at radius 2 is 1.86 bits per heavy atom. The molecule has 0 spiro atoms. The van der Waals surface area contributed by atoms with Gasteiger partial charge in [-0.25, -0.2) is 13.6 Å². The predicted molar refractivity (Wildman–Crippen MR) is 70.6 cm³/mol. The molecule has 0 heterocycles. The maximum absolute atomic E-state index is 13.5. The van der Waals surface area contributed by atoms with Gasteiger partial charge in [0.2, 0.25) is 0 Å². The van der Waals surface area contributed by atoms with Crippen LogP contribution in [-0.2, 0) is 6.61 Å². The lowest BCUT2D eigenvalue weighted by molar-refractivity contribution is 0.0696. The van der Waals surface area contributed by atoms with Gasteiger partial charge in [-0.15, -0.1) is 0 Å². The number of ether oxygens (including phenoxy) is 2. The summed E-state index contributed by atoms with van der Waals surface area (Å²) in [6, 6.07) is 7.53. The normalized spacial score (nSPS) is 10.2. The molecule has 0 amide bonds. The van der Waals surface area contributed by atoms with Crippen LogP contribution in [0.1, 0.15) is 15.9 Å². The Morgan fingerprint density at radius 3 is 2.43 bits per heavy atom. The molecule has 0 aromatic heterocycles. The molecule has 4 nitrogen and oxygen atoms in total. The zero-order valence-corrected chi connectivity index (χ0v) is 11.1. The average molecular weight is 294 g/mol. The number of carboxylic acids is 1. The number of halogens is 2. The molecule has 0 aliphatic rings. The number of rotatable bonds is 5. The first-order valence-electron chi connectivity index (χ1n) is 6.00. The maximum atomic E-state index is 13.5. The van der Waals surface area contributed by atoms with Crippen LogP contribution in [0.5, 0.6) is 11.5 Å². The number of methoxy groups -OCH3 is 1. The van der Waals surface area contributed by atoms with Gasteiger partial charge < -0.3 is 14.6 Å². The molecule has 0 saturated heterocycles. The molecule has 0 aliphatic carbocycles. The summed E-state index contributed by atoms with van der Waals surface area (Å²) < 4.78 is 37.1. The van der Waals surface area contributed by atoms with Crippen molar-refractivity contribution in [2.24, 2.45) is 0 Å². The number of hydrogen-bond donors (Lipinski definition) is 1. The van der Waals surface area contributed by atoms with Crippen LogP contribution in [0.3, 0.4) is 0 Å². The fourth-order valence-electron chi connectivity index (χ4n) is 1.79. The minimum atomic E-state index is -1.11. The van der Waals surface area contributed by atoms with Gasteiger partial charge in [0.25, 0.3) is 0 Å². The SMILES string of the molecule is COc1ccc(C(=O)O)cc1COc1c(F)cccc1F. The molecule has 2 rings (SSSR count). The van der Waals surface area contributed by atoms with Crippen LogP contribution >= 0.6 is 0 Å². The predicted octanol–water partition coefficient (Wildman–Crippen LogP) is 3.25. The van der Waals surface area contributed by atoms with Gasteiger partial charge in [-0.3, -0.25) is 0 Å². The zero-order chi connectivity index (χ0) is 15.4. The van der Waals surface area contributed by atoms with E-state index in [4.69, 9.17) is 14.6 Å².